The molecule has 0 spiro atoms. The number of nitrogens with zero attached hydrogens (tertiary/aromatic N) is 1. The summed E-state index contributed by atoms with van der Waals surface area (Å²) in [4.78, 5) is 3.98. The van der Waals surface area contributed by atoms with Gasteiger partial charge in [-0.05, 0) is 30.7 Å². The third kappa shape index (κ3) is 1.53. The molecule has 0 fully saturated rings. The summed E-state index contributed by atoms with van der Waals surface area (Å²) in [6, 6.07) is 4.86. The van der Waals surface area contributed by atoms with Gasteiger partial charge in [-0.15, -0.1) is 0 Å². The molecule has 0 saturated heterocycles. The van der Waals surface area contributed by atoms with Gasteiger partial charge in [-0.2, -0.15) is 0 Å². The van der Waals surface area contributed by atoms with Gasteiger partial charge in [-0.3, -0.25) is 0 Å². The van der Waals surface area contributed by atoms with E-state index in [-0.39, 0.29) is 5.82 Å². The van der Waals surface area contributed by atoms with E-state index < -0.39 is 0 Å². The van der Waals surface area contributed by atoms with Crippen molar-refractivity contribution in [2.45, 2.75) is 13.8 Å². The molecule has 0 N–H and O–H groups in total. The first-order valence-corrected chi connectivity index (χ1v) is 4.36. The highest BCUT2D eigenvalue weighted by Crippen LogP contribution is 2.22. The number of hydrogen-bond acceptors (Lipinski definition) is 2. The molecule has 0 radical (unpaired) electrons. The first kappa shape index (κ1) is 8.94. The second kappa shape index (κ2) is 3.25. The zero-order valence-corrected chi connectivity index (χ0v) is 8.04. The average Bonchev–Trinajstić information content (AvgIpc) is 2.57. The van der Waals surface area contributed by atoms with Crippen molar-refractivity contribution < 1.29 is 8.81 Å². The summed E-state index contributed by atoms with van der Waals surface area (Å²) < 4.78 is 18.3. The maximum absolute atomic E-state index is 13.0. The molecular weight excluding hydrogens is 181 g/mol. The molecule has 1 heterocycles. The molecule has 0 aliphatic carbocycles. The van der Waals surface area contributed by atoms with Crippen molar-refractivity contribution in [1.29, 1.82) is 0 Å². The standard InChI is InChI=1S/C11H10FNO/c1-7-5-9(3-4-10(7)12)11-6-13-8(2)14-11/h3-6H,1-2H3. The van der Waals surface area contributed by atoms with Crippen LogP contribution in [0.4, 0.5) is 4.39 Å². The molecular formula is C11H10FNO. The summed E-state index contributed by atoms with van der Waals surface area (Å²) in [7, 11) is 0. The predicted molar refractivity (Wildman–Crippen MR) is 51.4 cm³/mol. The minimum absolute atomic E-state index is 0.204. The van der Waals surface area contributed by atoms with E-state index in [9.17, 15) is 4.39 Å². The fraction of sp³-hybridized carbons (Fsp3) is 0.182. The summed E-state index contributed by atoms with van der Waals surface area (Å²) in [5.41, 5.74) is 1.46. The summed E-state index contributed by atoms with van der Waals surface area (Å²) in [5.74, 6) is 1.08. The van der Waals surface area contributed by atoms with Crippen molar-refractivity contribution in [2.24, 2.45) is 0 Å². The largest absolute Gasteiger partial charge is 0.441 e. The number of benzene rings is 1. The lowest BCUT2D eigenvalue weighted by atomic mass is 10.1. The number of aromatic nitrogens is 1. The third-order valence-electron chi connectivity index (χ3n) is 2.06. The highest BCUT2D eigenvalue weighted by molar-refractivity contribution is 5.57. The minimum atomic E-state index is -0.204. The fourth-order valence-electron chi connectivity index (χ4n) is 1.29. The normalized spacial score (nSPS) is 10.5. The van der Waals surface area contributed by atoms with Crippen molar-refractivity contribution in [2.75, 3.05) is 0 Å². The second-order valence-corrected chi connectivity index (χ2v) is 3.21. The van der Waals surface area contributed by atoms with E-state index in [1.54, 1.807) is 32.2 Å². The third-order valence-corrected chi connectivity index (χ3v) is 2.06. The van der Waals surface area contributed by atoms with E-state index in [0.29, 0.717) is 17.2 Å². The van der Waals surface area contributed by atoms with Gasteiger partial charge in [0.05, 0.1) is 6.20 Å². The number of hydrogen-bond donors (Lipinski definition) is 0. The average molecular weight is 191 g/mol. The van der Waals surface area contributed by atoms with Gasteiger partial charge in [0.15, 0.2) is 11.7 Å². The molecule has 0 saturated carbocycles. The molecule has 1 aromatic heterocycles. The monoisotopic (exact) mass is 191 g/mol. The van der Waals surface area contributed by atoms with E-state index in [1.807, 2.05) is 0 Å². The van der Waals surface area contributed by atoms with Gasteiger partial charge in [0.1, 0.15) is 5.82 Å². The second-order valence-electron chi connectivity index (χ2n) is 3.21. The molecule has 2 nitrogen and oxygen atoms in total. The first-order valence-electron chi connectivity index (χ1n) is 4.36. The number of rotatable bonds is 1. The molecule has 0 unspecified atom stereocenters. The Bertz CT molecular complexity index is 462. The van der Waals surface area contributed by atoms with Crippen molar-refractivity contribution in [3.05, 3.63) is 41.7 Å². The van der Waals surface area contributed by atoms with Crippen LogP contribution < -0.4 is 0 Å². The van der Waals surface area contributed by atoms with Crippen molar-refractivity contribution in [3.63, 3.8) is 0 Å². The molecule has 0 aliphatic heterocycles. The Morgan fingerprint density at radius 2 is 2.07 bits per heavy atom. The molecule has 0 aliphatic rings. The number of halogens is 1. The Morgan fingerprint density at radius 1 is 1.29 bits per heavy atom. The zero-order chi connectivity index (χ0) is 10.1. The minimum Gasteiger partial charge on any atom is -0.441 e. The van der Waals surface area contributed by atoms with Gasteiger partial charge in [0.2, 0.25) is 0 Å². The van der Waals surface area contributed by atoms with E-state index in [2.05, 4.69) is 4.98 Å². The quantitative estimate of drug-likeness (QED) is 0.692. The lowest BCUT2D eigenvalue weighted by Gasteiger charge is -1.99. The fourth-order valence-corrected chi connectivity index (χ4v) is 1.29. The van der Waals surface area contributed by atoms with Gasteiger partial charge in [0, 0.05) is 12.5 Å². The van der Waals surface area contributed by atoms with Crippen LogP contribution in [0, 0.1) is 19.7 Å². The van der Waals surface area contributed by atoms with Crippen LogP contribution in [0.1, 0.15) is 11.5 Å². The highest BCUT2D eigenvalue weighted by atomic mass is 19.1. The Morgan fingerprint density at radius 3 is 2.64 bits per heavy atom. The van der Waals surface area contributed by atoms with E-state index in [1.165, 1.54) is 6.07 Å². The predicted octanol–water partition coefficient (Wildman–Crippen LogP) is 3.10. The van der Waals surface area contributed by atoms with Gasteiger partial charge in [-0.25, -0.2) is 9.37 Å². The molecule has 0 bridgehead atoms. The van der Waals surface area contributed by atoms with E-state index in [0.717, 1.165) is 5.56 Å². The lowest BCUT2D eigenvalue weighted by molar-refractivity contribution is 0.534. The maximum atomic E-state index is 13.0. The number of aryl methyl sites for hydroxylation is 2. The van der Waals surface area contributed by atoms with Crippen LogP contribution in [0.2, 0.25) is 0 Å². The Hall–Kier alpha value is -1.64. The van der Waals surface area contributed by atoms with Crippen LogP contribution in [0.15, 0.2) is 28.8 Å². The SMILES string of the molecule is Cc1ncc(-c2ccc(F)c(C)c2)o1. The molecule has 72 valence electrons. The van der Waals surface area contributed by atoms with Gasteiger partial charge >= 0.3 is 0 Å². The molecule has 0 amide bonds. The Balaban J connectivity index is 2.47. The van der Waals surface area contributed by atoms with Crippen LogP contribution >= 0.6 is 0 Å². The summed E-state index contributed by atoms with van der Waals surface area (Å²) in [5, 5.41) is 0. The topological polar surface area (TPSA) is 26.0 Å². The molecule has 0 atom stereocenters. The Kier molecular flexibility index (Phi) is 2.08. The molecule has 2 aromatic rings. The highest BCUT2D eigenvalue weighted by Gasteiger charge is 2.05. The number of oxazole rings is 1. The van der Waals surface area contributed by atoms with Crippen molar-refractivity contribution in [3.8, 4) is 11.3 Å². The van der Waals surface area contributed by atoms with Crippen LogP contribution in [0.25, 0.3) is 11.3 Å². The molecule has 2 rings (SSSR count). The van der Waals surface area contributed by atoms with E-state index in [4.69, 9.17) is 4.42 Å². The first-order chi connectivity index (χ1) is 6.66. The van der Waals surface area contributed by atoms with Crippen LogP contribution in [0.5, 0.6) is 0 Å². The van der Waals surface area contributed by atoms with Gasteiger partial charge in [0.25, 0.3) is 0 Å². The van der Waals surface area contributed by atoms with Crippen molar-refractivity contribution >= 4 is 0 Å². The van der Waals surface area contributed by atoms with Crippen LogP contribution in [0.3, 0.4) is 0 Å². The Labute approximate surface area is 81.4 Å². The van der Waals surface area contributed by atoms with Crippen LogP contribution in [-0.4, -0.2) is 4.98 Å². The van der Waals surface area contributed by atoms with Crippen LogP contribution in [-0.2, 0) is 0 Å². The smallest absolute Gasteiger partial charge is 0.191 e. The molecule has 1 aromatic carbocycles. The lowest BCUT2D eigenvalue weighted by Crippen LogP contribution is -1.82. The molecule has 3 heteroatoms. The maximum Gasteiger partial charge on any atom is 0.191 e. The summed E-state index contributed by atoms with van der Waals surface area (Å²) in [6.45, 7) is 3.50. The zero-order valence-electron chi connectivity index (χ0n) is 8.04. The molecule has 14 heavy (non-hydrogen) atoms. The summed E-state index contributed by atoms with van der Waals surface area (Å²) >= 11 is 0. The van der Waals surface area contributed by atoms with Gasteiger partial charge < -0.3 is 4.42 Å². The summed E-state index contributed by atoms with van der Waals surface area (Å²) in [6.07, 6.45) is 1.64. The van der Waals surface area contributed by atoms with E-state index >= 15 is 0 Å². The van der Waals surface area contributed by atoms with Gasteiger partial charge in [-0.1, -0.05) is 0 Å². The van der Waals surface area contributed by atoms with Crippen molar-refractivity contribution in [1.82, 2.24) is 4.98 Å².